The maximum Gasteiger partial charge on any atom is 0.243 e. The molecule has 0 aromatic carbocycles. The summed E-state index contributed by atoms with van der Waals surface area (Å²) in [6, 6.07) is 2.01. The highest BCUT2D eigenvalue weighted by molar-refractivity contribution is 5.61. The summed E-state index contributed by atoms with van der Waals surface area (Å²) in [6.45, 7) is 4.12. The van der Waals surface area contributed by atoms with Gasteiger partial charge in [0, 0.05) is 6.20 Å². The van der Waals surface area contributed by atoms with Crippen molar-refractivity contribution in [1.29, 1.82) is 0 Å². The van der Waals surface area contributed by atoms with Gasteiger partial charge in [-0.1, -0.05) is 6.92 Å². The third kappa shape index (κ3) is 2.24. The Morgan fingerprint density at radius 3 is 2.88 bits per heavy atom. The molecular weight excluding hydrogens is 216 g/mol. The van der Waals surface area contributed by atoms with E-state index in [9.17, 15) is 0 Å². The lowest BCUT2D eigenvalue weighted by Crippen LogP contribution is -2.33. The van der Waals surface area contributed by atoms with Crippen molar-refractivity contribution in [2.24, 2.45) is 0 Å². The molecule has 0 radical (unpaired) electrons. The highest BCUT2D eigenvalue weighted by atomic mass is 16.5. The smallest absolute Gasteiger partial charge is 0.243 e. The predicted octanol–water partition coefficient (Wildman–Crippen LogP) is 1.71. The monoisotopic (exact) mass is 234 g/mol. The van der Waals surface area contributed by atoms with E-state index < -0.39 is 0 Å². The van der Waals surface area contributed by atoms with Crippen LogP contribution in [0, 0.1) is 6.92 Å². The van der Waals surface area contributed by atoms with Gasteiger partial charge in [-0.2, -0.15) is 10.1 Å². The summed E-state index contributed by atoms with van der Waals surface area (Å²) < 4.78 is 7.72. The molecule has 2 aromatic heterocycles. The van der Waals surface area contributed by atoms with Gasteiger partial charge in [0.15, 0.2) is 6.23 Å². The van der Waals surface area contributed by atoms with Gasteiger partial charge in [0.1, 0.15) is 11.8 Å². The Kier molecular flexibility index (Phi) is 3.28. The fourth-order valence-corrected chi connectivity index (χ4v) is 1.84. The average Bonchev–Trinajstić information content (AvgIpc) is 2.68. The van der Waals surface area contributed by atoms with E-state index in [1.165, 1.54) is 6.33 Å². The Bertz CT molecular complexity index is 506. The number of aromatic nitrogens is 3. The predicted molar refractivity (Wildman–Crippen MR) is 66.1 cm³/mol. The standard InChI is InChI=1S/C12H18N4O/c1-5-10(15(3)4)17-12-11-9(2)6-7-16(11)14-8-13-12/h6-8,10H,5H2,1-4H3. The zero-order valence-corrected chi connectivity index (χ0v) is 10.7. The molecule has 0 saturated carbocycles. The van der Waals surface area contributed by atoms with Gasteiger partial charge in [0.2, 0.25) is 5.88 Å². The van der Waals surface area contributed by atoms with Crippen LogP contribution in [-0.2, 0) is 0 Å². The van der Waals surface area contributed by atoms with Crippen LogP contribution in [0.2, 0.25) is 0 Å². The van der Waals surface area contributed by atoms with Crippen LogP contribution >= 0.6 is 0 Å². The van der Waals surface area contributed by atoms with Crippen molar-refractivity contribution < 1.29 is 4.74 Å². The van der Waals surface area contributed by atoms with Gasteiger partial charge in [0.25, 0.3) is 0 Å². The Hall–Kier alpha value is -1.62. The Morgan fingerprint density at radius 1 is 1.47 bits per heavy atom. The second-order valence-electron chi connectivity index (χ2n) is 4.30. The van der Waals surface area contributed by atoms with Crippen LogP contribution in [0.5, 0.6) is 5.88 Å². The lowest BCUT2D eigenvalue weighted by atomic mass is 10.3. The Labute approximate surface area is 101 Å². The summed E-state index contributed by atoms with van der Waals surface area (Å²) in [5.41, 5.74) is 2.06. The maximum atomic E-state index is 5.93. The first kappa shape index (κ1) is 11.9. The van der Waals surface area contributed by atoms with Crippen LogP contribution in [0.25, 0.3) is 5.52 Å². The minimum absolute atomic E-state index is 0.0306. The fourth-order valence-electron chi connectivity index (χ4n) is 1.84. The summed E-state index contributed by atoms with van der Waals surface area (Å²) in [4.78, 5) is 6.27. The molecule has 5 heteroatoms. The molecule has 0 saturated heterocycles. The fraction of sp³-hybridized carbons (Fsp3) is 0.500. The molecule has 2 rings (SSSR count). The van der Waals surface area contributed by atoms with E-state index in [2.05, 4.69) is 17.0 Å². The molecular formula is C12H18N4O. The van der Waals surface area contributed by atoms with Crippen LogP contribution in [0.4, 0.5) is 0 Å². The van der Waals surface area contributed by atoms with Crippen LogP contribution in [0.15, 0.2) is 18.6 Å². The highest BCUT2D eigenvalue weighted by Gasteiger charge is 2.15. The molecule has 0 aliphatic carbocycles. The summed E-state index contributed by atoms with van der Waals surface area (Å²) in [7, 11) is 4.00. The Morgan fingerprint density at radius 2 is 2.24 bits per heavy atom. The lowest BCUT2D eigenvalue weighted by molar-refractivity contribution is 0.0578. The number of rotatable bonds is 4. The zero-order chi connectivity index (χ0) is 12.4. The molecule has 1 atom stereocenters. The van der Waals surface area contributed by atoms with Gasteiger partial charge < -0.3 is 4.74 Å². The quantitative estimate of drug-likeness (QED) is 0.755. The molecule has 0 amide bonds. The molecule has 2 aromatic rings. The summed E-state index contributed by atoms with van der Waals surface area (Å²) >= 11 is 0. The number of aryl methyl sites for hydroxylation is 1. The van der Waals surface area contributed by atoms with Crippen molar-refractivity contribution in [2.75, 3.05) is 14.1 Å². The second kappa shape index (κ2) is 4.71. The Balaban J connectivity index is 2.38. The van der Waals surface area contributed by atoms with Crippen LogP contribution in [-0.4, -0.2) is 39.8 Å². The molecule has 1 unspecified atom stereocenters. The van der Waals surface area contributed by atoms with E-state index in [4.69, 9.17) is 4.74 Å². The molecule has 0 aliphatic rings. The van der Waals surface area contributed by atoms with E-state index in [1.54, 1.807) is 4.52 Å². The van der Waals surface area contributed by atoms with E-state index in [0.717, 1.165) is 17.5 Å². The largest absolute Gasteiger partial charge is 0.457 e. The van der Waals surface area contributed by atoms with Crippen LogP contribution in [0.1, 0.15) is 18.9 Å². The molecule has 5 nitrogen and oxygen atoms in total. The van der Waals surface area contributed by atoms with Gasteiger partial charge in [-0.3, -0.25) is 4.90 Å². The van der Waals surface area contributed by atoms with E-state index in [-0.39, 0.29) is 6.23 Å². The van der Waals surface area contributed by atoms with Gasteiger partial charge >= 0.3 is 0 Å². The van der Waals surface area contributed by atoms with E-state index in [1.807, 2.05) is 38.2 Å². The summed E-state index contributed by atoms with van der Waals surface area (Å²) in [6.07, 6.45) is 4.37. The molecule has 17 heavy (non-hydrogen) atoms. The normalized spacial score (nSPS) is 13.2. The molecule has 0 fully saturated rings. The molecule has 0 spiro atoms. The molecule has 2 heterocycles. The maximum absolute atomic E-state index is 5.93. The molecule has 0 N–H and O–H groups in total. The molecule has 0 bridgehead atoms. The van der Waals surface area contributed by atoms with Crippen molar-refractivity contribution in [2.45, 2.75) is 26.5 Å². The minimum atomic E-state index is 0.0306. The summed E-state index contributed by atoms with van der Waals surface area (Å²) in [5, 5.41) is 4.15. The van der Waals surface area contributed by atoms with Crippen molar-refractivity contribution in [1.82, 2.24) is 19.5 Å². The first-order valence-corrected chi connectivity index (χ1v) is 5.75. The third-order valence-electron chi connectivity index (χ3n) is 2.79. The van der Waals surface area contributed by atoms with E-state index in [0.29, 0.717) is 5.88 Å². The number of fused-ring (bicyclic) bond motifs is 1. The first-order valence-electron chi connectivity index (χ1n) is 5.75. The van der Waals surface area contributed by atoms with Gasteiger partial charge in [-0.05, 0) is 39.1 Å². The lowest BCUT2D eigenvalue weighted by Gasteiger charge is -2.23. The zero-order valence-electron chi connectivity index (χ0n) is 10.7. The third-order valence-corrected chi connectivity index (χ3v) is 2.79. The summed E-state index contributed by atoms with van der Waals surface area (Å²) in [5.74, 6) is 0.642. The first-order chi connectivity index (χ1) is 8.13. The topological polar surface area (TPSA) is 42.7 Å². The van der Waals surface area contributed by atoms with Gasteiger partial charge in [-0.25, -0.2) is 4.52 Å². The van der Waals surface area contributed by atoms with Crippen molar-refractivity contribution in [3.05, 3.63) is 24.2 Å². The SMILES string of the molecule is CCC(Oc1ncnn2ccc(C)c12)N(C)C. The van der Waals surface area contributed by atoms with Gasteiger partial charge in [0.05, 0.1) is 0 Å². The number of ether oxygens (including phenoxy) is 1. The highest BCUT2D eigenvalue weighted by Crippen LogP contribution is 2.21. The van der Waals surface area contributed by atoms with Crippen molar-refractivity contribution >= 4 is 5.52 Å². The van der Waals surface area contributed by atoms with Crippen LogP contribution in [0.3, 0.4) is 0 Å². The number of hydrogen-bond donors (Lipinski definition) is 0. The van der Waals surface area contributed by atoms with Crippen molar-refractivity contribution in [3.8, 4) is 5.88 Å². The van der Waals surface area contributed by atoms with E-state index >= 15 is 0 Å². The average molecular weight is 234 g/mol. The minimum Gasteiger partial charge on any atom is -0.457 e. The number of hydrogen-bond acceptors (Lipinski definition) is 4. The van der Waals surface area contributed by atoms with Crippen molar-refractivity contribution in [3.63, 3.8) is 0 Å². The molecule has 92 valence electrons. The molecule has 0 aliphatic heterocycles. The second-order valence-corrected chi connectivity index (χ2v) is 4.30. The van der Waals surface area contributed by atoms with Crippen LogP contribution < -0.4 is 4.74 Å². The van der Waals surface area contributed by atoms with Gasteiger partial charge in [-0.15, -0.1) is 0 Å². The number of nitrogens with zero attached hydrogens (tertiary/aromatic N) is 4.